The van der Waals surface area contributed by atoms with Crippen molar-refractivity contribution in [3.05, 3.63) is 56.8 Å². The standard InChI is InChI=1S/C31H39Cl2FN6O3/c1-17-6-9-19(10-7-17)37-29(42)21-12-23-25(14-24(21)39(4)16-26(35)41)40(5)27(38-23)13-20-22(32)11-8-18(28(20)33)15-36-30(43)31(2,3)34/h8,11-12,14,17,19H,6-7,9-10,13,15-16H2,1-5H3,(H2,35,41)(H,36,43)(H,37,42). The number of nitrogens with zero attached hydrogens (tertiary/aromatic N) is 3. The fraction of sp³-hybridized carbons (Fsp3) is 0.484. The molecule has 0 atom stereocenters. The van der Waals surface area contributed by atoms with Crippen LogP contribution in [0.3, 0.4) is 0 Å². The van der Waals surface area contributed by atoms with E-state index < -0.39 is 17.5 Å². The van der Waals surface area contributed by atoms with Crippen LogP contribution in [0.1, 0.15) is 73.8 Å². The van der Waals surface area contributed by atoms with Crippen molar-refractivity contribution >= 4 is 57.6 Å². The molecule has 0 bridgehead atoms. The zero-order valence-corrected chi connectivity index (χ0v) is 26.7. The van der Waals surface area contributed by atoms with Gasteiger partial charge in [-0.2, -0.15) is 0 Å². The number of primary amides is 1. The number of hydrogen-bond acceptors (Lipinski definition) is 5. The van der Waals surface area contributed by atoms with Gasteiger partial charge in [-0.05, 0) is 74.8 Å². The SMILES string of the molecule is CC1CCC(NC(=O)c2cc3nc(Cc4c(Cl)ccc(CNC(=O)C(C)(C)F)c4Cl)n(C)c3cc2N(C)CC(N)=O)CC1. The Morgan fingerprint density at radius 1 is 1.16 bits per heavy atom. The molecule has 12 heteroatoms. The minimum absolute atomic E-state index is 0.0334. The highest BCUT2D eigenvalue weighted by molar-refractivity contribution is 6.36. The van der Waals surface area contributed by atoms with Gasteiger partial charge in [0, 0.05) is 38.1 Å². The van der Waals surface area contributed by atoms with Crippen LogP contribution in [-0.2, 0) is 29.6 Å². The predicted octanol–water partition coefficient (Wildman–Crippen LogP) is 5.07. The Morgan fingerprint density at radius 2 is 1.84 bits per heavy atom. The third-order valence-corrected chi connectivity index (χ3v) is 8.90. The maximum Gasteiger partial charge on any atom is 0.257 e. The van der Waals surface area contributed by atoms with E-state index in [1.807, 2.05) is 17.7 Å². The maximum absolute atomic E-state index is 14.0. The summed E-state index contributed by atoms with van der Waals surface area (Å²) >= 11 is 13.3. The lowest BCUT2D eigenvalue weighted by Gasteiger charge is -2.28. The van der Waals surface area contributed by atoms with Crippen molar-refractivity contribution in [2.75, 3.05) is 18.5 Å². The minimum Gasteiger partial charge on any atom is -0.368 e. The van der Waals surface area contributed by atoms with Gasteiger partial charge in [-0.3, -0.25) is 14.4 Å². The first kappa shape index (κ1) is 32.5. The molecule has 3 amide bonds. The van der Waals surface area contributed by atoms with Crippen LogP contribution < -0.4 is 21.3 Å². The molecule has 0 spiro atoms. The summed E-state index contributed by atoms with van der Waals surface area (Å²) in [5, 5.41) is 6.51. The van der Waals surface area contributed by atoms with Gasteiger partial charge < -0.3 is 25.8 Å². The third kappa shape index (κ3) is 7.59. The average Bonchev–Trinajstić information content (AvgIpc) is 3.24. The van der Waals surface area contributed by atoms with Gasteiger partial charge in [-0.15, -0.1) is 0 Å². The summed E-state index contributed by atoms with van der Waals surface area (Å²) in [6, 6.07) is 7.03. The molecule has 3 aromatic rings. The van der Waals surface area contributed by atoms with E-state index in [-0.39, 0.29) is 31.5 Å². The van der Waals surface area contributed by atoms with Gasteiger partial charge in [0.2, 0.25) is 5.91 Å². The van der Waals surface area contributed by atoms with Gasteiger partial charge in [0.15, 0.2) is 5.67 Å². The second-order valence-electron chi connectivity index (χ2n) is 12.0. The van der Waals surface area contributed by atoms with Gasteiger partial charge in [-0.1, -0.05) is 36.2 Å². The molecule has 1 heterocycles. The molecule has 0 saturated heterocycles. The number of aromatic nitrogens is 2. The fourth-order valence-electron chi connectivity index (χ4n) is 5.41. The molecule has 1 aromatic heterocycles. The number of benzene rings is 2. The molecule has 0 aliphatic heterocycles. The zero-order valence-electron chi connectivity index (χ0n) is 25.2. The molecule has 0 unspecified atom stereocenters. The van der Waals surface area contributed by atoms with E-state index in [0.717, 1.165) is 31.2 Å². The van der Waals surface area contributed by atoms with E-state index in [9.17, 15) is 18.8 Å². The molecular formula is C31H39Cl2FN6O3. The van der Waals surface area contributed by atoms with E-state index in [2.05, 4.69) is 17.6 Å². The summed E-state index contributed by atoms with van der Waals surface area (Å²) in [5.74, 6) is -0.205. The monoisotopic (exact) mass is 632 g/mol. The molecule has 1 aliphatic carbocycles. The van der Waals surface area contributed by atoms with Gasteiger partial charge in [0.1, 0.15) is 5.82 Å². The molecule has 9 nitrogen and oxygen atoms in total. The number of nitrogens with two attached hydrogens (primary N) is 1. The number of carbonyl (C=O) groups is 3. The van der Waals surface area contributed by atoms with Crippen molar-refractivity contribution in [2.45, 2.75) is 71.1 Å². The van der Waals surface area contributed by atoms with Crippen LogP contribution in [0.4, 0.5) is 10.1 Å². The quantitative estimate of drug-likeness (QED) is 0.288. The van der Waals surface area contributed by atoms with Crippen molar-refractivity contribution < 1.29 is 18.8 Å². The lowest BCUT2D eigenvalue weighted by atomic mass is 9.87. The number of imidazole rings is 1. The largest absolute Gasteiger partial charge is 0.368 e. The van der Waals surface area contributed by atoms with Crippen LogP contribution in [-0.4, -0.2) is 52.6 Å². The second kappa shape index (κ2) is 13.1. The first-order chi connectivity index (χ1) is 20.1. The lowest BCUT2D eigenvalue weighted by Crippen LogP contribution is -2.38. The molecule has 4 rings (SSSR count). The number of alkyl halides is 1. The van der Waals surface area contributed by atoms with E-state index in [0.29, 0.717) is 49.7 Å². The number of nitrogens with one attached hydrogen (secondary N) is 2. The van der Waals surface area contributed by atoms with Gasteiger partial charge >= 0.3 is 0 Å². The van der Waals surface area contributed by atoms with Crippen molar-refractivity contribution in [2.24, 2.45) is 18.7 Å². The van der Waals surface area contributed by atoms with E-state index >= 15 is 0 Å². The topological polar surface area (TPSA) is 122 Å². The van der Waals surface area contributed by atoms with Gasteiger partial charge in [0.05, 0.1) is 33.9 Å². The van der Waals surface area contributed by atoms with Crippen LogP contribution in [0.2, 0.25) is 10.0 Å². The Labute approximate surface area is 261 Å². The number of anilines is 1. The highest BCUT2D eigenvalue weighted by Crippen LogP contribution is 2.33. The van der Waals surface area contributed by atoms with E-state index in [4.69, 9.17) is 33.9 Å². The third-order valence-electron chi connectivity index (χ3n) is 8.07. The molecule has 232 valence electrons. The summed E-state index contributed by atoms with van der Waals surface area (Å²) in [6.07, 6.45) is 4.23. The number of carbonyl (C=O) groups excluding carboxylic acids is 3. The number of halogens is 3. The fourth-order valence-corrected chi connectivity index (χ4v) is 5.98. The minimum atomic E-state index is -2.02. The van der Waals surface area contributed by atoms with E-state index in [1.165, 1.54) is 13.8 Å². The molecule has 1 fully saturated rings. The van der Waals surface area contributed by atoms with Crippen LogP contribution in [0.15, 0.2) is 24.3 Å². The number of aryl methyl sites for hydroxylation is 1. The number of likely N-dealkylation sites (N-methyl/N-ethyl adjacent to an activating group) is 1. The van der Waals surface area contributed by atoms with Crippen molar-refractivity contribution in [1.29, 1.82) is 0 Å². The van der Waals surface area contributed by atoms with Crippen LogP contribution in [0.25, 0.3) is 11.0 Å². The molecule has 43 heavy (non-hydrogen) atoms. The van der Waals surface area contributed by atoms with Gasteiger partial charge in [0.25, 0.3) is 11.8 Å². The second-order valence-corrected chi connectivity index (χ2v) is 12.8. The van der Waals surface area contributed by atoms with Crippen molar-refractivity contribution in [3.8, 4) is 0 Å². The Hall–Kier alpha value is -3.37. The average molecular weight is 634 g/mol. The van der Waals surface area contributed by atoms with Crippen molar-refractivity contribution in [3.63, 3.8) is 0 Å². The molecule has 4 N–H and O–H groups in total. The van der Waals surface area contributed by atoms with E-state index in [1.54, 1.807) is 30.1 Å². The highest BCUT2D eigenvalue weighted by atomic mass is 35.5. The normalized spacial score (nSPS) is 17.1. The summed E-state index contributed by atoms with van der Waals surface area (Å²) in [5.41, 5.74) is 6.95. The number of fused-ring (bicyclic) bond motifs is 1. The summed E-state index contributed by atoms with van der Waals surface area (Å²) in [7, 11) is 3.57. The first-order valence-corrected chi connectivity index (χ1v) is 15.1. The molecular weight excluding hydrogens is 594 g/mol. The smallest absolute Gasteiger partial charge is 0.257 e. The molecule has 1 aliphatic rings. The summed E-state index contributed by atoms with van der Waals surface area (Å²) in [4.78, 5) is 43.9. The number of rotatable bonds is 10. The van der Waals surface area contributed by atoms with Crippen LogP contribution in [0, 0.1) is 5.92 Å². The molecule has 1 saturated carbocycles. The lowest BCUT2D eigenvalue weighted by molar-refractivity contribution is -0.130. The predicted molar refractivity (Wildman–Crippen MR) is 168 cm³/mol. The Bertz CT molecular complexity index is 1540. The van der Waals surface area contributed by atoms with Crippen LogP contribution >= 0.6 is 23.2 Å². The molecule has 0 radical (unpaired) electrons. The highest BCUT2D eigenvalue weighted by Gasteiger charge is 2.27. The molecule has 2 aromatic carbocycles. The Morgan fingerprint density at radius 3 is 2.47 bits per heavy atom. The van der Waals surface area contributed by atoms with Crippen molar-refractivity contribution in [1.82, 2.24) is 20.2 Å². The Balaban J connectivity index is 1.68. The summed E-state index contributed by atoms with van der Waals surface area (Å²) in [6.45, 7) is 4.57. The van der Waals surface area contributed by atoms with Gasteiger partial charge in [-0.25, -0.2) is 9.37 Å². The number of amides is 3. The summed E-state index contributed by atoms with van der Waals surface area (Å²) < 4.78 is 15.9. The zero-order chi connectivity index (χ0) is 31.6. The number of hydrogen-bond donors (Lipinski definition) is 3. The first-order valence-electron chi connectivity index (χ1n) is 14.4. The van der Waals surface area contributed by atoms with Crippen LogP contribution in [0.5, 0.6) is 0 Å². The maximum atomic E-state index is 14.0. The Kier molecular flexibility index (Phi) is 9.91.